The topological polar surface area (TPSA) is 128 Å². The third kappa shape index (κ3) is 49.0. The second-order valence-corrected chi connectivity index (χ2v) is 21.4. The summed E-state index contributed by atoms with van der Waals surface area (Å²) in [5, 5.41) is 24.7. The van der Waals surface area contributed by atoms with E-state index in [0.29, 0.717) is 30.3 Å². The van der Waals surface area contributed by atoms with Crippen molar-refractivity contribution in [3.05, 3.63) is 60.8 Å². The van der Waals surface area contributed by atoms with Gasteiger partial charge >= 0.3 is 0 Å². The predicted octanol–water partition coefficient (Wildman–Crippen LogP) is 14.9. The normalized spacial score (nSPS) is 14.9. The molecule has 0 bridgehead atoms. The number of phosphoric acid groups is 1. The van der Waals surface area contributed by atoms with Gasteiger partial charge in [0.25, 0.3) is 7.82 Å². The van der Waals surface area contributed by atoms with E-state index in [-0.39, 0.29) is 18.9 Å². The molecule has 4 unspecified atom stereocenters. The number of aliphatic hydroxyl groups is 2. The van der Waals surface area contributed by atoms with Crippen LogP contribution >= 0.6 is 7.82 Å². The van der Waals surface area contributed by atoms with Crippen molar-refractivity contribution in [1.82, 2.24) is 5.32 Å². The molecule has 0 saturated carbocycles. The van der Waals surface area contributed by atoms with Crippen molar-refractivity contribution in [2.24, 2.45) is 0 Å². The summed E-state index contributed by atoms with van der Waals surface area (Å²) >= 11 is 0. The van der Waals surface area contributed by atoms with Crippen molar-refractivity contribution in [1.29, 1.82) is 0 Å². The summed E-state index contributed by atoms with van der Waals surface area (Å²) in [6.07, 6.45) is 60.1. The van der Waals surface area contributed by atoms with Crippen LogP contribution in [0.5, 0.6) is 0 Å². The molecule has 0 heterocycles. The van der Waals surface area contributed by atoms with Crippen LogP contribution in [0.25, 0.3) is 0 Å². The van der Waals surface area contributed by atoms with E-state index in [4.69, 9.17) is 9.05 Å². The Balaban J connectivity index is 4.14. The lowest BCUT2D eigenvalue weighted by molar-refractivity contribution is -0.870. The van der Waals surface area contributed by atoms with E-state index in [0.717, 1.165) is 57.8 Å². The van der Waals surface area contributed by atoms with Crippen LogP contribution in [0.3, 0.4) is 0 Å². The number of carbonyl (C=O) groups is 1. The molecule has 0 radical (unpaired) electrons. The van der Waals surface area contributed by atoms with E-state index in [1.807, 2.05) is 21.1 Å². The SMILES string of the molecule is CC/C=C\C/C=C\C/C=C\C/C=C\CCCCCCCCCCCCCCCCCCCCC(=O)NC(COP(=O)([O-])OCC[N+](C)(C)C)C(O)C(O)CCC/C=C/CCCCCCCCC. The zero-order chi connectivity index (χ0) is 49.4. The van der Waals surface area contributed by atoms with Crippen molar-refractivity contribution in [2.75, 3.05) is 40.9 Å². The molecule has 0 aliphatic heterocycles. The number of aliphatic hydroxyl groups excluding tert-OH is 2. The number of nitrogens with one attached hydrogen (secondary N) is 1. The molecule has 0 saturated heterocycles. The molecular weight excluding hydrogens is 856 g/mol. The Morgan fingerprint density at radius 3 is 1.39 bits per heavy atom. The van der Waals surface area contributed by atoms with Gasteiger partial charge in [-0.25, -0.2) is 0 Å². The summed E-state index contributed by atoms with van der Waals surface area (Å²) < 4.78 is 23.2. The molecule has 0 spiro atoms. The van der Waals surface area contributed by atoms with Gasteiger partial charge in [0.05, 0.1) is 39.9 Å². The quantitative estimate of drug-likeness (QED) is 0.0240. The molecule has 0 aromatic heterocycles. The molecule has 67 heavy (non-hydrogen) atoms. The second kappa shape index (κ2) is 47.8. The highest BCUT2D eigenvalue weighted by atomic mass is 31.2. The van der Waals surface area contributed by atoms with Crippen molar-refractivity contribution in [3.8, 4) is 0 Å². The second-order valence-electron chi connectivity index (χ2n) is 20.0. The smallest absolute Gasteiger partial charge is 0.268 e. The minimum absolute atomic E-state index is 0.0466. The van der Waals surface area contributed by atoms with Gasteiger partial charge in [-0.15, -0.1) is 0 Å². The molecular formula is C57H107N2O7P. The van der Waals surface area contributed by atoms with E-state index >= 15 is 0 Å². The molecule has 1 amide bonds. The molecule has 392 valence electrons. The zero-order valence-corrected chi connectivity index (χ0v) is 45.1. The molecule has 0 fully saturated rings. The van der Waals surface area contributed by atoms with Crippen molar-refractivity contribution in [2.45, 2.75) is 257 Å². The van der Waals surface area contributed by atoms with Crippen molar-refractivity contribution < 1.29 is 38.0 Å². The Bertz CT molecular complexity index is 1290. The average molecular weight is 963 g/mol. The van der Waals surface area contributed by atoms with Gasteiger partial charge in [0.1, 0.15) is 19.3 Å². The molecule has 4 atom stereocenters. The molecule has 0 rings (SSSR count). The van der Waals surface area contributed by atoms with Gasteiger partial charge in [0, 0.05) is 6.42 Å². The van der Waals surface area contributed by atoms with Gasteiger partial charge in [0.15, 0.2) is 0 Å². The van der Waals surface area contributed by atoms with E-state index < -0.39 is 32.7 Å². The summed E-state index contributed by atoms with van der Waals surface area (Å²) in [6, 6.07) is -1.09. The van der Waals surface area contributed by atoms with Crippen LogP contribution in [0, 0.1) is 0 Å². The Kier molecular flexibility index (Phi) is 46.5. The molecule has 0 aromatic rings. The lowest BCUT2D eigenvalue weighted by Gasteiger charge is -2.31. The first-order chi connectivity index (χ1) is 32.4. The lowest BCUT2D eigenvalue weighted by Crippen LogP contribution is -2.51. The fourth-order valence-corrected chi connectivity index (χ4v) is 8.68. The monoisotopic (exact) mass is 963 g/mol. The number of hydrogen-bond donors (Lipinski definition) is 3. The first-order valence-electron chi connectivity index (χ1n) is 27.7. The van der Waals surface area contributed by atoms with Gasteiger partial charge in [-0.05, 0) is 77.0 Å². The number of unbranched alkanes of at least 4 members (excludes halogenated alkanes) is 26. The fourth-order valence-electron chi connectivity index (χ4n) is 7.95. The highest BCUT2D eigenvalue weighted by molar-refractivity contribution is 7.45. The minimum Gasteiger partial charge on any atom is -0.756 e. The largest absolute Gasteiger partial charge is 0.756 e. The van der Waals surface area contributed by atoms with E-state index in [9.17, 15) is 24.5 Å². The Morgan fingerprint density at radius 1 is 0.552 bits per heavy atom. The van der Waals surface area contributed by atoms with Crippen LogP contribution in [-0.4, -0.2) is 79.8 Å². The Labute approximate surface area is 414 Å². The number of rotatable bonds is 50. The number of likely N-dealkylation sites (N-methyl/N-ethyl adjacent to an activating group) is 1. The number of amides is 1. The van der Waals surface area contributed by atoms with Crippen LogP contribution in [0.15, 0.2) is 60.8 Å². The van der Waals surface area contributed by atoms with Gasteiger partial charge in [0.2, 0.25) is 5.91 Å². The fraction of sp³-hybridized carbons (Fsp3) is 0.807. The number of carbonyl (C=O) groups excluding carboxylic acids is 1. The predicted molar refractivity (Wildman–Crippen MR) is 285 cm³/mol. The third-order valence-electron chi connectivity index (χ3n) is 12.3. The zero-order valence-electron chi connectivity index (χ0n) is 44.2. The molecule has 9 nitrogen and oxygen atoms in total. The lowest BCUT2D eigenvalue weighted by atomic mass is 10.0. The average Bonchev–Trinajstić information content (AvgIpc) is 3.29. The van der Waals surface area contributed by atoms with Crippen LogP contribution in [0.2, 0.25) is 0 Å². The standard InChI is InChI=1S/C57H107N2O7P/c1-6-8-10-12-14-16-18-20-21-22-23-24-25-26-27-28-29-30-31-32-33-34-35-36-37-38-40-42-44-46-48-50-56(61)58-54(53-66-67(63,64)65-52-51-59(3,4)5)57(62)55(60)49-47-45-43-41-39-19-17-15-13-11-9-7-2/h8,10,14,16,20-21,23-24,41,43,54-55,57,60,62H,6-7,9,11-13,15,17-19,22,25-40,42,44-53H2,1-5H3,(H-,58,61,63,64)/b10-8-,16-14-,21-20-,24-23-,43-41+. The Morgan fingerprint density at radius 2 is 0.940 bits per heavy atom. The van der Waals surface area contributed by atoms with Crippen molar-refractivity contribution in [3.63, 3.8) is 0 Å². The van der Waals surface area contributed by atoms with Crippen LogP contribution in [-0.2, 0) is 18.4 Å². The number of quaternary nitrogens is 1. The summed E-state index contributed by atoms with van der Waals surface area (Å²) in [5.41, 5.74) is 0. The van der Waals surface area contributed by atoms with E-state index in [1.165, 1.54) is 141 Å². The summed E-state index contributed by atoms with van der Waals surface area (Å²) in [4.78, 5) is 25.5. The highest BCUT2D eigenvalue weighted by Crippen LogP contribution is 2.38. The number of nitrogens with zero attached hydrogens (tertiary/aromatic N) is 1. The first kappa shape index (κ1) is 65.2. The number of allylic oxidation sites excluding steroid dienone is 10. The van der Waals surface area contributed by atoms with Crippen LogP contribution < -0.4 is 10.2 Å². The maximum absolute atomic E-state index is 13.0. The Hall–Kier alpha value is -1.84. The third-order valence-corrected chi connectivity index (χ3v) is 13.3. The molecule has 0 aromatic carbocycles. The first-order valence-corrected chi connectivity index (χ1v) is 29.2. The van der Waals surface area contributed by atoms with E-state index in [1.54, 1.807) is 0 Å². The molecule has 0 aliphatic carbocycles. The summed E-state index contributed by atoms with van der Waals surface area (Å²) in [5.74, 6) is -0.288. The molecule has 0 aliphatic rings. The maximum Gasteiger partial charge on any atom is 0.268 e. The van der Waals surface area contributed by atoms with Gasteiger partial charge in [-0.3, -0.25) is 9.36 Å². The maximum atomic E-state index is 13.0. The van der Waals surface area contributed by atoms with Crippen molar-refractivity contribution >= 4 is 13.7 Å². The number of hydrogen-bond acceptors (Lipinski definition) is 7. The molecule has 3 N–H and O–H groups in total. The minimum atomic E-state index is -4.68. The highest BCUT2D eigenvalue weighted by Gasteiger charge is 2.29. The van der Waals surface area contributed by atoms with Crippen LogP contribution in [0.4, 0.5) is 0 Å². The van der Waals surface area contributed by atoms with E-state index in [2.05, 4.69) is 79.9 Å². The van der Waals surface area contributed by atoms with Crippen LogP contribution in [0.1, 0.15) is 239 Å². The van der Waals surface area contributed by atoms with Gasteiger partial charge in [-0.1, -0.05) is 216 Å². The van der Waals surface area contributed by atoms with Gasteiger partial charge in [-0.2, -0.15) is 0 Å². The molecule has 10 heteroatoms. The number of phosphoric ester groups is 1. The summed E-state index contributed by atoms with van der Waals surface area (Å²) in [6.45, 7) is 4.30. The van der Waals surface area contributed by atoms with Gasteiger partial charge < -0.3 is 34.0 Å². The summed E-state index contributed by atoms with van der Waals surface area (Å²) in [7, 11) is 1.11.